The lowest BCUT2D eigenvalue weighted by atomic mass is 9.92. The lowest BCUT2D eigenvalue weighted by molar-refractivity contribution is -0.151. The van der Waals surface area contributed by atoms with Crippen LogP contribution in [0.15, 0.2) is 12.1 Å². The summed E-state index contributed by atoms with van der Waals surface area (Å²) in [5, 5.41) is 9.53. The highest BCUT2D eigenvalue weighted by molar-refractivity contribution is 7.80. The molecule has 0 aromatic heterocycles. The summed E-state index contributed by atoms with van der Waals surface area (Å²) in [6.45, 7) is 2.88. The van der Waals surface area contributed by atoms with Gasteiger partial charge in [-0.25, -0.2) is 18.0 Å². The first-order valence-electron chi connectivity index (χ1n) is 6.68. The Bertz CT molecular complexity index is 602. The highest BCUT2D eigenvalue weighted by Gasteiger charge is 2.49. The van der Waals surface area contributed by atoms with E-state index in [1.807, 2.05) is 6.92 Å². The van der Waals surface area contributed by atoms with Crippen LogP contribution in [0.1, 0.15) is 19.8 Å². The number of carboxylic acids is 1. The van der Waals surface area contributed by atoms with Gasteiger partial charge in [-0.2, -0.15) is 0 Å². The number of aliphatic carboxylic acids is 1. The summed E-state index contributed by atoms with van der Waals surface area (Å²) < 4.78 is 44.9. The summed E-state index contributed by atoms with van der Waals surface area (Å²) >= 11 is 5.19. The Morgan fingerprint density at radius 2 is 2.00 bits per heavy atom. The number of carboxylic acid groups (broad SMARTS) is 1. The molecule has 1 saturated heterocycles. The van der Waals surface area contributed by atoms with E-state index < -0.39 is 34.8 Å². The van der Waals surface area contributed by atoms with Crippen molar-refractivity contribution in [3.05, 3.63) is 29.6 Å². The van der Waals surface area contributed by atoms with E-state index in [0.29, 0.717) is 31.6 Å². The quantitative estimate of drug-likeness (QED) is 0.678. The van der Waals surface area contributed by atoms with E-state index in [-0.39, 0.29) is 11.4 Å². The summed E-state index contributed by atoms with van der Waals surface area (Å²) in [6, 6.07) is 1.22. The molecule has 1 fully saturated rings. The number of hydrogen-bond acceptors (Lipinski definition) is 3. The number of hydrogen-bond donors (Lipinski definition) is 1. The summed E-state index contributed by atoms with van der Waals surface area (Å²) in [7, 11) is 0. The van der Waals surface area contributed by atoms with E-state index >= 15 is 0 Å². The zero-order valence-corrected chi connectivity index (χ0v) is 12.6. The number of thiocarbonyl (C=S) groups is 1. The summed E-state index contributed by atoms with van der Waals surface area (Å²) in [5.74, 6) is -6.31. The molecule has 1 aromatic rings. The number of carbonyl (C=O) groups is 1. The van der Waals surface area contributed by atoms with E-state index in [4.69, 9.17) is 17.0 Å². The number of piperidine rings is 1. The first-order valence-corrected chi connectivity index (χ1v) is 7.09. The number of halogens is 3. The van der Waals surface area contributed by atoms with Gasteiger partial charge in [-0.15, -0.1) is 0 Å². The summed E-state index contributed by atoms with van der Waals surface area (Å²) in [5.41, 5.74) is -1.89. The van der Waals surface area contributed by atoms with Gasteiger partial charge in [0.1, 0.15) is 10.7 Å². The number of ether oxygens (including phenoxy) is 1. The molecule has 8 heteroatoms. The van der Waals surface area contributed by atoms with Crippen molar-refractivity contribution in [3.63, 3.8) is 0 Å². The molecule has 0 aliphatic carbocycles. The second-order valence-electron chi connectivity index (χ2n) is 4.92. The number of likely N-dealkylation sites (N-methyl/N-ethyl adjacent to an activating group) is 1. The van der Waals surface area contributed by atoms with Crippen LogP contribution in [0.25, 0.3) is 0 Å². The van der Waals surface area contributed by atoms with Gasteiger partial charge >= 0.3 is 5.97 Å². The van der Waals surface area contributed by atoms with Crippen LogP contribution in [-0.2, 0) is 4.79 Å². The molecular formula is C14H14F3NO3S. The second kappa shape index (κ2) is 6.12. The van der Waals surface area contributed by atoms with Crippen LogP contribution in [0.2, 0.25) is 0 Å². The Kier molecular flexibility index (Phi) is 4.60. The van der Waals surface area contributed by atoms with Crippen molar-refractivity contribution in [2.75, 3.05) is 13.1 Å². The maximum Gasteiger partial charge on any atom is 0.355 e. The van der Waals surface area contributed by atoms with Gasteiger partial charge in [0.25, 0.3) is 5.60 Å². The molecule has 0 amide bonds. The van der Waals surface area contributed by atoms with Gasteiger partial charge in [0, 0.05) is 31.6 Å². The topological polar surface area (TPSA) is 49.8 Å². The minimum atomic E-state index is -1.89. The molecule has 1 heterocycles. The van der Waals surface area contributed by atoms with Crippen molar-refractivity contribution in [1.29, 1.82) is 0 Å². The van der Waals surface area contributed by atoms with Crippen LogP contribution in [0.3, 0.4) is 0 Å². The van der Waals surface area contributed by atoms with Gasteiger partial charge in [-0.05, 0) is 13.3 Å². The normalized spacial score (nSPS) is 21.8. The summed E-state index contributed by atoms with van der Waals surface area (Å²) in [6.07, 6.45) is 0.560. The minimum Gasteiger partial charge on any atom is -0.478 e. The molecule has 0 unspecified atom stereocenters. The van der Waals surface area contributed by atoms with Crippen molar-refractivity contribution >= 4 is 23.2 Å². The maximum atomic E-state index is 13.3. The third-order valence-corrected chi connectivity index (χ3v) is 4.15. The molecule has 120 valence electrons. The molecule has 2 rings (SSSR count). The molecule has 1 aliphatic rings. The Balaban J connectivity index is 2.41. The first-order chi connectivity index (χ1) is 10.3. The molecule has 1 aliphatic heterocycles. The first kappa shape index (κ1) is 16.5. The minimum absolute atomic E-state index is 0.0406. The van der Waals surface area contributed by atoms with Gasteiger partial charge < -0.3 is 14.7 Å². The highest BCUT2D eigenvalue weighted by atomic mass is 32.1. The predicted octanol–water partition coefficient (Wildman–Crippen LogP) is 2.75. The van der Waals surface area contributed by atoms with E-state index in [0.717, 1.165) is 0 Å². The Morgan fingerprint density at radius 1 is 1.41 bits per heavy atom. The molecule has 0 spiro atoms. The van der Waals surface area contributed by atoms with Crippen LogP contribution in [0, 0.1) is 17.5 Å². The van der Waals surface area contributed by atoms with E-state index in [2.05, 4.69) is 0 Å². The van der Waals surface area contributed by atoms with Crippen molar-refractivity contribution in [2.24, 2.45) is 0 Å². The molecule has 0 radical (unpaired) electrons. The average molecular weight is 333 g/mol. The molecular weight excluding hydrogens is 319 g/mol. The third kappa shape index (κ3) is 2.75. The van der Waals surface area contributed by atoms with Gasteiger partial charge in [-0.3, -0.25) is 0 Å². The fraction of sp³-hybridized carbons (Fsp3) is 0.429. The predicted molar refractivity (Wildman–Crippen MR) is 76.4 cm³/mol. The molecule has 0 saturated carbocycles. The Morgan fingerprint density at radius 3 is 2.50 bits per heavy atom. The smallest absolute Gasteiger partial charge is 0.355 e. The fourth-order valence-electron chi connectivity index (χ4n) is 2.41. The number of benzene rings is 1. The van der Waals surface area contributed by atoms with Crippen LogP contribution in [0.5, 0.6) is 5.75 Å². The van der Waals surface area contributed by atoms with Crippen LogP contribution < -0.4 is 4.74 Å². The SMILES string of the molecule is CCN1CCC[C@](Oc2cc(F)c(F)c(F)c2)(C(=O)O)C1=S. The van der Waals surface area contributed by atoms with Gasteiger partial charge in [0.15, 0.2) is 17.5 Å². The standard InChI is InChI=1S/C14H14F3NO3S/c1-2-18-5-3-4-14(12(18)22,13(19)20)21-8-6-9(15)11(17)10(16)7-8/h6-7H,2-5H2,1H3,(H,19,20)/t14-/m1/s1. The van der Waals surface area contributed by atoms with E-state index in [1.54, 1.807) is 4.90 Å². The van der Waals surface area contributed by atoms with Gasteiger partial charge in [0.2, 0.25) is 0 Å². The van der Waals surface area contributed by atoms with Crippen LogP contribution >= 0.6 is 12.2 Å². The zero-order chi connectivity index (χ0) is 16.5. The molecule has 22 heavy (non-hydrogen) atoms. The molecule has 0 bridgehead atoms. The lowest BCUT2D eigenvalue weighted by Crippen LogP contribution is -2.60. The van der Waals surface area contributed by atoms with Crippen LogP contribution in [0.4, 0.5) is 13.2 Å². The van der Waals surface area contributed by atoms with Crippen molar-refractivity contribution in [3.8, 4) is 5.75 Å². The van der Waals surface area contributed by atoms with Crippen molar-refractivity contribution in [1.82, 2.24) is 4.90 Å². The molecule has 1 N–H and O–H groups in total. The Labute approximate surface area is 130 Å². The van der Waals surface area contributed by atoms with Gasteiger partial charge in [0.05, 0.1) is 0 Å². The monoisotopic (exact) mass is 333 g/mol. The van der Waals surface area contributed by atoms with Crippen LogP contribution in [-0.4, -0.2) is 39.7 Å². The summed E-state index contributed by atoms with van der Waals surface area (Å²) in [4.78, 5) is 13.4. The molecule has 1 aromatic carbocycles. The molecule has 1 atom stereocenters. The van der Waals surface area contributed by atoms with Crippen molar-refractivity contribution in [2.45, 2.75) is 25.4 Å². The fourth-order valence-corrected chi connectivity index (χ4v) is 2.87. The van der Waals surface area contributed by atoms with E-state index in [1.165, 1.54) is 0 Å². The van der Waals surface area contributed by atoms with Crippen molar-refractivity contribution < 1.29 is 27.8 Å². The number of rotatable bonds is 4. The second-order valence-corrected chi connectivity index (χ2v) is 5.31. The maximum absolute atomic E-state index is 13.3. The molecule has 4 nitrogen and oxygen atoms in total. The number of likely N-dealkylation sites (tertiary alicyclic amines) is 1. The van der Waals surface area contributed by atoms with E-state index in [9.17, 15) is 23.1 Å². The highest BCUT2D eigenvalue weighted by Crippen LogP contribution is 2.31. The number of nitrogens with zero attached hydrogens (tertiary/aromatic N) is 1. The largest absolute Gasteiger partial charge is 0.478 e. The third-order valence-electron chi connectivity index (χ3n) is 3.57. The zero-order valence-electron chi connectivity index (χ0n) is 11.7. The van der Waals surface area contributed by atoms with Gasteiger partial charge in [-0.1, -0.05) is 12.2 Å². The Hall–Kier alpha value is -1.83. The average Bonchev–Trinajstić information content (AvgIpc) is 2.46. The lowest BCUT2D eigenvalue weighted by Gasteiger charge is -2.40.